The fourth-order valence-corrected chi connectivity index (χ4v) is 6.03. The average molecular weight is 584 g/mol. The molecule has 1 saturated heterocycles. The van der Waals surface area contributed by atoms with Crippen LogP contribution in [-0.2, 0) is 9.53 Å². The van der Waals surface area contributed by atoms with Gasteiger partial charge in [-0.2, -0.15) is 0 Å². The first kappa shape index (κ1) is 31.8. The van der Waals surface area contributed by atoms with Gasteiger partial charge < -0.3 is 29.2 Å². The van der Waals surface area contributed by atoms with E-state index in [1.807, 2.05) is 11.9 Å². The number of amidine groups is 1. The van der Waals surface area contributed by atoms with Gasteiger partial charge in [-0.3, -0.25) is 10.2 Å². The average Bonchev–Trinajstić information content (AvgIpc) is 3.42. The van der Waals surface area contributed by atoms with Crippen LogP contribution in [0.25, 0.3) is 15.6 Å². The van der Waals surface area contributed by atoms with Crippen LogP contribution < -0.4 is 4.90 Å². The van der Waals surface area contributed by atoms with E-state index in [-0.39, 0.29) is 18.5 Å². The lowest BCUT2D eigenvalue weighted by Gasteiger charge is -2.35. The Morgan fingerprint density at radius 3 is 2.72 bits per heavy atom. The topological polar surface area (TPSA) is 79.8 Å². The van der Waals surface area contributed by atoms with Crippen LogP contribution in [0.15, 0.2) is 64.8 Å². The molecule has 2 aromatic carbocycles. The van der Waals surface area contributed by atoms with Crippen molar-refractivity contribution in [1.29, 1.82) is 5.41 Å². The summed E-state index contributed by atoms with van der Waals surface area (Å²) in [4.78, 5) is 29.0. The molecule has 2 aliphatic heterocycles. The van der Waals surface area contributed by atoms with E-state index in [0.717, 1.165) is 36.5 Å². The number of benzene rings is 2. The van der Waals surface area contributed by atoms with Crippen LogP contribution in [0.4, 0.5) is 5.69 Å². The predicted octanol–water partition coefficient (Wildman–Crippen LogP) is 4.98. The maximum atomic E-state index is 12.5. The predicted molar refractivity (Wildman–Crippen MR) is 176 cm³/mol. The van der Waals surface area contributed by atoms with E-state index in [4.69, 9.17) is 16.3 Å². The third-order valence-corrected chi connectivity index (χ3v) is 8.65. The number of hydrogen-bond acceptors (Lipinski definition) is 6. The lowest BCUT2D eigenvalue weighted by molar-refractivity contribution is -0.126. The van der Waals surface area contributed by atoms with E-state index in [9.17, 15) is 10.2 Å². The molecule has 43 heavy (non-hydrogen) atoms. The molecule has 0 spiro atoms. The first-order valence-electron chi connectivity index (χ1n) is 15.1. The number of aliphatic imine (C=N–C) groups is 1. The quantitative estimate of drug-likeness (QED) is 0.175. The summed E-state index contributed by atoms with van der Waals surface area (Å²) in [6.07, 6.45) is 7.71. The molecule has 4 rings (SSSR count). The molecule has 2 aromatic rings. The SMILES string of the molecule is [C-]#[N+]C[C@@H](CN(C)C(=N)C1=C(N=COC[C@@H]2CCCN2C)CN(c2cccc3cccc(C)c23)CC1)N(C)C(=O)/C=C/C. The van der Waals surface area contributed by atoms with Crippen molar-refractivity contribution in [2.75, 3.05) is 65.4 Å². The number of amides is 1. The second kappa shape index (κ2) is 14.8. The van der Waals surface area contributed by atoms with Gasteiger partial charge in [-0.15, -0.1) is 0 Å². The maximum absolute atomic E-state index is 12.5. The molecule has 0 aliphatic carbocycles. The molecule has 0 unspecified atom stereocenters. The van der Waals surface area contributed by atoms with E-state index < -0.39 is 0 Å². The number of anilines is 1. The molecule has 1 amide bonds. The summed E-state index contributed by atoms with van der Waals surface area (Å²) in [6.45, 7) is 14.9. The van der Waals surface area contributed by atoms with E-state index in [1.165, 1.54) is 28.8 Å². The minimum Gasteiger partial charge on any atom is -0.481 e. The second-order valence-electron chi connectivity index (χ2n) is 11.6. The van der Waals surface area contributed by atoms with Gasteiger partial charge in [-0.05, 0) is 69.8 Å². The Hall–Kier alpha value is -4.16. The van der Waals surface area contributed by atoms with Gasteiger partial charge in [-0.25, -0.2) is 11.6 Å². The normalized spacial score (nSPS) is 18.4. The zero-order valence-electron chi connectivity index (χ0n) is 26.2. The highest BCUT2D eigenvalue weighted by Crippen LogP contribution is 2.33. The monoisotopic (exact) mass is 583 g/mol. The molecule has 0 bridgehead atoms. The van der Waals surface area contributed by atoms with Crippen molar-refractivity contribution in [3.63, 3.8) is 0 Å². The number of nitrogens with zero attached hydrogens (tertiary/aromatic N) is 6. The Morgan fingerprint density at radius 2 is 2.02 bits per heavy atom. The van der Waals surface area contributed by atoms with Crippen LogP contribution in [0.2, 0.25) is 0 Å². The highest BCUT2D eigenvalue weighted by atomic mass is 16.5. The molecule has 228 valence electrons. The first-order valence-corrected chi connectivity index (χ1v) is 15.1. The van der Waals surface area contributed by atoms with Crippen molar-refractivity contribution in [2.24, 2.45) is 4.99 Å². The number of nitrogens with one attached hydrogen (secondary N) is 1. The molecule has 1 fully saturated rings. The molecule has 2 aliphatic rings. The zero-order chi connectivity index (χ0) is 30.9. The Labute approximate surface area is 256 Å². The molecule has 0 aromatic heterocycles. The number of carbonyl (C=O) groups is 1. The van der Waals surface area contributed by atoms with E-state index in [1.54, 1.807) is 31.3 Å². The third kappa shape index (κ3) is 7.63. The Kier molecular flexibility index (Phi) is 11.0. The van der Waals surface area contributed by atoms with Crippen LogP contribution in [-0.4, -0.2) is 105 Å². The Morgan fingerprint density at radius 1 is 1.26 bits per heavy atom. The van der Waals surface area contributed by atoms with E-state index in [0.29, 0.717) is 38.0 Å². The number of likely N-dealkylation sites (tertiary alicyclic amines) is 1. The summed E-state index contributed by atoms with van der Waals surface area (Å²) in [6, 6.07) is 12.8. The molecule has 9 nitrogen and oxygen atoms in total. The van der Waals surface area contributed by atoms with Gasteiger partial charge in [0.05, 0.1) is 12.2 Å². The molecule has 2 heterocycles. The van der Waals surface area contributed by atoms with Crippen molar-refractivity contribution >= 4 is 34.6 Å². The smallest absolute Gasteiger partial charge is 0.246 e. The number of aryl methyl sites for hydroxylation is 1. The number of allylic oxidation sites excluding steroid dienone is 1. The van der Waals surface area contributed by atoms with Crippen molar-refractivity contribution < 1.29 is 9.53 Å². The summed E-state index contributed by atoms with van der Waals surface area (Å²) < 4.78 is 5.93. The van der Waals surface area contributed by atoms with Gasteiger partial charge >= 0.3 is 0 Å². The Balaban J connectivity index is 1.60. The summed E-state index contributed by atoms with van der Waals surface area (Å²) in [5.74, 6) is 0.211. The minimum absolute atomic E-state index is 0.149. The molecular weight excluding hydrogens is 538 g/mol. The fourth-order valence-electron chi connectivity index (χ4n) is 6.03. The second-order valence-corrected chi connectivity index (χ2v) is 11.6. The van der Waals surface area contributed by atoms with Crippen LogP contribution in [0, 0.1) is 18.9 Å². The highest BCUT2D eigenvalue weighted by Gasteiger charge is 2.28. The standard InChI is InChI=1S/C34H45N7O2/c1-7-11-32(42)40(6)28(20-36-3)21-39(5)34(35)29-17-19-41(31-16-9-14-26-13-8-12-25(2)33(26)31)22-30(29)37-24-43-23-27-15-10-18-38(27)4/h7-9,11-14,16,24,27-28,35H,10,15,17-23H2,1-2,4-6H3/b11-7+,35-34?,37-24?/t27-,28-/m0/s1. The molecular formula is C34H45N7O2. The summed E-state index contributed by atoms with van der Waals surface area (Å²) >= 11 is 0. The van der Waals surface area contributed by atoms with Crippen LogP contribution in [0.5, 0.6) is 0 Å². The number of hydrogen-bond donors (Lipinski definition) is 1. The molecule has 2 atom stereocenters. The molecule has 9 heteroatoms. The molecule has 1 N–H and O–H groups in total. The lowest BCUT2D eigenvalue weighted by atomic mass is 9.99. The summed E-state index contributed by atoms with van der Waals surface area (Å²) in [7, 11) is 5.70. The van der Waals surface area contributed by atoms with Crippen molar-refractivity contribution in [3.8, 4) is 0 Å². The third-order valence-electron chi connectivity index (χ3n) is 8.65. The van der Waals surface area contributed by atoms with Crippen molar-refractivity contribution in [2.45, 2.75) is 45.2 Å². The summed E-state index contributed by atoms with van der Waals surface area (Å²) in [5, 5.41) is 11.6. The number of ether oxygens (including phenoxy) is 1. The number of rotatable bonds is 11. The van der Waals surface area contributed by atoms with Crippen molar-refractivity contribution in [1.82, 2.24) is 14.7 Å². The van der Waals surface area contributed by atoms with Crippen molar-refractivity contribution in [3.05, 3.63) is 76.8 Å². The number of likely N-dealkylation sites (N-methyl/N-ethyl adjacent to an activating group) is 3. The van der Waals surface area contributed by atoms with Gasteiger partial charge in [0.15, 0.2) is 6.40 Å². The largest absolute Gasteiger partial charge is 0.481 e. The Bertz CT molecular complexity index is 1430. The molecule has 0 radical (unpaired) electrons. The van der Waals surface area contributed by atoms with Crippen LogP contribution >= 0.6 is 0 Å². The van der Waals surface area contributed by atoms with Gasteiger partial charge in [0, 0.05) is 49.9 Å². The zero-order valence-corrected chi connectivity index (χ0v) is 26.2. The molecule has 0 saturated carbocycles. The minimum atomic E-state index is -0.343. The lowest BCUT2D eigenvalue weighted by Crippen LogP contribution is -2.47. The van der Waals surface area contributed by atoms with Crippen LogP contribution in [0.3, 0.4) is 0 Å². The van der Waals surface area contributed by atoms with Gasteiger partial charge in [-0.1, -0.05) is 36.4 Å². The fraction of sp³-hybridized carbons (Fsp3) is 0.471. The summed E-state index contributed by atoms with van der Waals surface area (Å²) in [5.41, 5.74) is 4.05. The van der Waals surface area contributed by atoms with Gasteiger partial charge in [0.1, 0.15) is 18.5 Å². The first-order chi connectivity index (χ1) is 20.7. The van der Waals surface area contributed by atoms with Crippen LogP contribution in [0.1, 0.15) is 31.7 Å². The van der Waals surface area contributed by atoms with E-state index in [2.05, 4.69) is 65.0 Å². The van der Waals surface area contributed by atoms with Gasteiger partial charge in [0.2, 0.25) is 12.5 Å². The van der Waals surface area contributed by atoms with Gasteiger partial charge in [0.25, 0.3) is 0 Å². The maximum Gasteiger partial charge on any atom is 0.246 e. The number of fused-ring (bicyclic) bond motifs is 1. The number of carbonyl (C=O) groups excluding carboxylic acids is 1. The highest BCUT2D eigenvalue weighted by molar-refractivity contribution is 5.99. The van der Waals surface area contributed by atoms with E-state index >= 15 is 0 Å².